The lowest BCUT2D eigenvalue weighted by molar-refractivity contribution is 0.318. The SMILES string of the molecule is CCCC1CCC(Nc2nccc3c2ncn3C)CC1. The molecule has 0 saturated heterocycles. The normalized spacial score (nSPS) is 23.1. The Morgan fingerprint density at radius 3 is 2.80 bits per heavy atom. The number of aryl methyl sites for hydroxylation is 1. The average molecular weight is 272 g/mol. The van der Waals surface area contributed by atoms with Crippen LogP contribution < -0.4 is 5.32 Å². The third-order valence-corrected chi connectivity index (χ3v) is 4.53. The Hall–Kier alpha value is -1.58. The predicted molar refractivity (Wildman–Crippen MR) is 82.8 cm³/mol. The summed E-state index contributed by atoms with van der Waals surface area (Å²) in [5.41, 5.74) is 2.13. The molecule has 0 aromatic carbocycles. The molecule has 0 bridgehead atoms. The second-order valence-corrected chi connectivity index (χ2v) is 6.03. The van der Waals surface area contributed by atoms with Gasteiger partial charge in [0.1, 0.15) is 5.52 Å². The van der Waals surface area contributed by atoms with Crippen LogP contribution >= 0.6 is 0 Å². The van der Waals surface area contributed by atoms with Gasteiger partial charge in [-0.05, 0) is 37.7 Å². The fourth-order valence-corrected chi connectivity index (χ4v) is 3.36. The Labute approximate surface area is 120 Å². The van der Waals surface area contributed by atoms with Crippen molar-refractivity contribution in [3.05, 3.63) is 18.6 Å². The topological polar surface area (TPSA) is 42.7 Å². The van der Waals surface area contributed by atoms with Gasteiger partial charge in [0.15, 0.2) is 5.82 Å². The lowest BCUT2D eigenvalue weighted by atomic mass is 9.83. The van der Waals surface area contributed by atoms with Crippen LogP contribution in [0.25, 0.3) is 11.0 Å². The number of nitrogens with one attached hydrogen (secondary N) is 1. The zero-order chi connectivity index (χ0) is 13.9. The molecule has 3 rings (SSSR count). The Kier molecular flexibility index (Phi) is 3.90. The number of rotatable bonds is 4. The molecule has 20 heavy (non-hydrogen) atoms. The summed E-state index contributed by atoms with van der Waals surface area (Å²) < 4.78 is 2.04. The van der Waals surface area contributed by atoms with Crippen LogP contribution in [0.4, 0.5) is 5.82 Å². The first kappa shape index (κ1) is 13.4. The summed E-state index contributed by atoms with van der Waals surface area (Å²) in [6.07, 6.45) is 11.7. The van der Waals surface area contributed by atoms with Gasteiger partial charge in [-0.3, -0.25) is 0 Å². The zero-order valence-corrected chi connectivity index (χ0v) is 12.5. The van der Waals surface area contributed by atoms with E-state index in [9.17, 15) is 0 Å². The molecule has 0 unspecified atom stereocenters. The van der Waals surface area contributed by atoms with E-state index in [2.05, 4.69) is 22.2 Å². The van der Waals surface area contributed by atoms with Crippen molar-refractivity contribution in [1.82, 2.24) is 14.5 Å². The molecule has 1 fully saturated rings. The molecule has 2 aromatic heterocycles. The smallest absolute Gasteiger partial charge is 0.154 e. The van der Waals surface area contributed by atoms with Crippen LogP contribution in [0, 0.1) is 5.92 Å². The van der Waals surface area contributed by atoms with Gasteiger partial charge in [-0.2, -0.15) is 0 Å². The first-order chi connectivity index (χ1) is 9.78. The van der Waals surface area contributed by atoms with Crippen LogP contribution in [0.15, 0.2) is 18.6 Å². The molecule has 1 saturated carbocycles. The highest BCUT2D eigenvalue weighted by Crippen LogP contribution is 2.30. The standard InChI is InChI=1S/C16H24N4/c1-3-4-12-5-7-13(8-6-12)19-16-15-14(9-10-17-16)20(2)11-18-15/h9-13H,3-8H2,1-2H3,(H,17,19). The lowest BCUT2D eigenvalue weighted by Gasteiger charge is -2.29. The lowest BCUT2D eigenvalue weighted by Crippen LogP contribution is -2.26. The van der Waals surface area contributed by atoms with Crippen LogP contribution in [0.2, 0.25) is 0 Å². The largest absolute Gasteiger partial charge is 0.365 e. The Morgan fingerprint density at radius 2 is 2.05 bits per heavy atom. The van der Waals surface area contributed by atoms with Gasteiger partial charge in [-0.1, -0.05) is 19.8 Å². The van der Waals surface area contributed by atoms with Gasteiger partial charge in [-0.15, -0.1) is 0 Å². The number of hydrogen-bond acceptors (Lipinski definition) is 3. The van der Waals surface area contributed by atoms with E-state index in [1.54, 1.807) is 0 Å². The molecule has 1 N–H and O–H groups in total. The fraction of sp³-hybridized carbons (Fsp3) is 0.625. The highest BCUT2D eigenvalue weighted by atomic mass is 15.1. The molecule has 4 nitrogen and oxygen atoms in total. The molecule has 0 spiro atoms. The van der Waals surface area contributed by atoms with Crippen molar-refractivity contribution in [2.45, 2.75) is 51.5 Å². The van der Waals surface area contributed by atoms with Crippen molar-refractivity contribution < 1.29 is 0 Å². The van der Waals surface area contributed by atoms with Crippen molar-refractivity contribution in [2.24, 2.45) is 13.0 Å². The van der Waals surface area contributed by atoms with E-state index in [-0.39, 0.29) is 0 Å². The molecule has 2 heterocycles. The summed E-state index contributed by atoms with van der Waals surface area (Å²) in [6, 6.07) is 2.58. The van der Waals surface area contributed by atoms with Crippen LogP contribution in [0.3, 0.4) is 0 Å². The number of aromatic nitrogens is 3. The van der Waals surface area contributed by atoms with Gasteiger partial charge in [0.25, 0.3) is 0 Å². The Bertz CT molecular complexity index is 567. The summed E-state index contributed by atoms with van der Waals surface area (Å²) in [7, 11) is 2.02. The van der Waals surface area contributed by atoms with Crippen molar-refractivity contribution in [2.75, 3.05) is 5.32 Å². The summed E-state index contributed by atoms with van der Waals surface area (Å²) in [4.78, 5) is 8.95. The molecule has 108 valence electrons. The average Bonchev–Trinajstić information content (AvgIpc) is 2.84. The number of anilines is 1. The van der Waals surface area contributed by atoms with E-state index in [1.165, 1.54) is 38.5 Å². The molecule has 0 amide bonds. The molecule has 1 aliphatic rings. The van der Waals surface area contributed by atoms with E-state index in [4.69, 9.17) is 0 Å². The first-order valence-corrected chi connectivity index (χ1v) is 7.80. The van der Waals surface area contributed by atoms with Crippen LogP contribution in [0.5, 0.6) is 0 Å². The number of hydrogen-bond donors (Lipinski definition) is 1. The number of pyridine rings is 1. The number of imidazole rings is 1. The van der Waals surface area contributed by atoms with Crippen molar-refractivity contribution >= 4 is 16.9 Å². The third kappa shape index (κ3) is 2.65. The fourth-order valence-electron chi connectivity index (χ4n) is 3.36. The summed E-state index contributed by atoms with van der Waals surface area (Å²) in [6.45, 7) is 2.29. The summed E-state index contributed by atoms with van der Waals surface area (Å²) >= 11 is 0. The van der Waals surface area contributed by atoms with E-state index in [0.717, 1.165) is 22.8 Å². The monoisotopic (exact) mass is 272 g/mol. The minimum atomic E-state index is 0.559. The Balaban J connectivity index is 1.68. The molecule has 0 aliphatic heterocycles. The van der Waals surface area contributed by atoms with E-state index < -0.39 is 0 Å². The highest BCUT2D eigenvalue weighted by molar-refractivity contribution is 5.85. The maximum atomic E-state index is 4.48. The zero-order valence-electron chi connectivity index (χ0n) is 12.5. The van der Waals surface area contributed by atoms with Crippen LogP contribution in [-0.2, 0) is 7.05 Å². The van der Waals surface area contributed by atoms with Gasteiger partial charge in [0.2, 0.25) is 0 Å². The molecular weight excluding hydrogens is 248 g/mol. The molecule has 4 heteroatoms. The van der Waals surface area contributed by atoms with Crippen molar-refractivity contribution in [3.63, 3.8) is 0 Å². The minimum absolute atomic E-state index is 0.559. The Morgan fingerprint density at radius 1 is 1.25 bits per heavy atom. The molecule has 1 aliphatic carbocycles. The highest BCUT2D eigenvalue weighted by Gasteiger charge is 2.21. The van der Waals surface area contributed by atoms with E-state index in [0.29, 0.717) is 6.04 Å². The predicted octanol–water partition coefficient (Wildman–Crippen LogP) is 3.74. The van der Waals surface area contributed by atoms with Gasteiger partial charge >= 0.3 is 0 Å². The van der Waals surface area contributed by atoms with Gasteiger partial charge in [0, 0.05) is 19.3 Å². The van der Waals surface area contributed by atoms with Crippen LogP contribution in [-0.4, -0.2) is 20.6 Å². The van der Waals surface area contributed by atoms with Gasteiger partial charge in [0.05, 0.1) is 11.8 Å². The number of fused-ring (bicyclic) bond motifs is 1. The summed E-state index contributed by atoms with van der Waals surface area (Å²) in [5, 5.41) is 3.61. The molecular formula is C16H24N4. The number of nitrogens with zero attached hydrogens (tertiary/aromatic N) is 3. The first-order valence-electron chi connectivity index (χ1n) is 7.80. The second kappa shape index (κ2) is 5.81. The molecule has 0 atom stereocenters. The quantitative estimate of drug-likeness (QED) is 0.922. The maximum Gasteiger partial charge on any atom is 0.154 e. The van der Waals surface area contributed by atoms with Crippen molar-refractivity contribution in [3.8, 4) is 0 Å². The summed E-state index contributed by atoms with van der Waals surface area (Å²) in [5.74, 6) is 1.89. The van der Waals surface area contributed by atoms with E-state index >= 15 is 0 Å². The molecule has 2 aromatic rings. The van der Waals surface area contributed by atoms with Crippen LogP contribution in [0.1, 0.15) is 45.4 Å². The van der Waals surface area contributed by atoms with Gasteiger partial charge < -0.3 is 9.88 Å². The minimum Gasteiger partial charge on any atom is -0.365 e. The van der Waals surface area contributed by atoms with Gasteiger partial charge in [-0.25, -0.2) is 9.97 Å². The second-order valence-electron chi connectivity index (χ2n) is 6.03. The molecule has 0 radical (unpaired) electrons. The maximum absolute atomic E-state index is 4.48. The van der Waals surface area contributed by atoms with E-state index in [1.807, 2.05) is 30.2 Å². The third-order valence-electron chi connectivity index (χ3n) is 4.53. The van der Waals surface area contributed by atoms with Crippen molar-refractivity contribution in [1.29, 1.82) is 0 Å².